The number of rotatable bonds is 4. The second-order valence-corrected chi connectivity index (χ2v) is 7.17. The number of sulfone groups is 1. The zero-order chi connectivity index (χ0) is 16.5. The van der Waals surface area contributed by atoms with Crippen molar-refractivity contribution in [1.82, 2.24) is 0 Å². The van der Waals surface area contributed by atoms with Crippen LogP contribution in [0.25, 0.3) is 0 Å². The van der Waals surface area contributed by atoms with Gasteiger partial charge in [-0.3, -0.25) is 4.79 Å². The van der Waals surface area contributed by atoms with Crippen molar-refractivity contribution in [3.05, 3.63) is 53.3 Å². The van der Waals surface area contributed by atoms with Gasteiger partial charge in [-0.05, 0) is 60.5 Å². The summed E-state index contributed by atoms with van der Waals surface area (Å²) in [5.41, 5.74) is 1.49. The molecule has 2 rings (SSSR count). The number of aryl methyl sites for hydroxylation is 1. The molecule has 0 aliphatic rings. The third-order valence-corrected chi connectivity index (χ3v) is 4.40. The molecule has 0 bridgehead atoms. The van der Waals surface area contributed by atoms with E-state index in [1.807, 2.05) is 0 Å². The Morgan fingerprint density at radius 2 is 1.77 bits per heavy atom. The summed E-state index contributed by atoms with van der Waals surface area (Å²) in [4.78, 5) is 11.3. The van der Waals surface area contributed by atoms with Crippen molar-refractivity contribution in [3.8, 4) is 0 Å². The predicted molar refractivity (Wildman–Crippen MR) is 84.2 cm³/mol. The maximum atomic E-state index is 12.9. The molecule has 116 valence electrons. The van der Waals surface area contributed by atoms with Crippen molar-refractivity contribution in [2.24, 2.45) is 0 Å². The van der Waals surface area contributed by atoms with E-state index in [4.69, 9.17) is 11.6 Å². The maximum Gasteiger partial charge on any atom is 0.252 e. The molecule has 0 saturated heterocycles. The van der Waals surface area contributed by atoms with Gasteiger partial charge in [-0.1, -0.05) is 0 Å². The molecule has 0 amide bonds. The summed E-state index contributed by atoms with van der Waals surface area (Å²) in [5, 5.41) is 2.19. The van der Waals surface area contributed by atoms with Crippen LogP contribution in [0.5, 0.6) is 0 Å². The summed E-state index contributed by atoms with van der Waals surface area (Å²) < 4.78 is 36.8. The summed E-state index contributed by atoms with van der Waals surface area (Å²) in [6, 6.07) is 8.24. The van der Waals surface area contributed by atoms with Crippen LogP contribution in [0.3, 0.4) is 0 Å². The monoisotopic (exact) mass is 341 g/mol. The van der Waals surface area contributed by atoms with Crippen LogP contribution in [-0.2, 0) is 9.84 Å². The first-order chi connectivity index (χ1) is 10.2. The van der Waals surface area contributed by atoms with Crippen molar-refractivity contribution in [2.45, 2.75) is 11.8 Å². The first-order valence-corrected chi connectivity index (χ1v) is 8.52. The lowest BCUT2D eigenvalue weighted by Crippen LogP contribution is -2.06. The fourth-order valence-electron chi connectivity index (χ4n) is 1.99. The quantitative estimate of drug-likeness (QED) is 0.862. The van der Waals surface area contributed by atoms with Crippen molar-refractivity contribution < 1.29 is 17.6 Å². The lowest BCUT2D eigenvalue weighted by Gasteiger charge is -2.14. The molecule has 0 spiro atoms. The smallest absolute Gasteiger partial charge is 0.252 e. The van der Waals surface area contributed by atoms with Crippen molar-refractivity contribution in [3.63, 3.8) is 0 Å². The minimum Gasteiger partial charge on any atom is -0.354 e. The van der Waals surface area contributed by atoms with Crippen LogP contribution in [0, 0.1) is 12.7 Å². The SMILES string of the molecule is Cc1cc(Nc2ccc(F)cc2)c(S(C)(=O)=O)cc1C(=O)Cl. The maximum absolute atomic E-state index is 12.9. The van der Waals surface area contributed by atoms with Gasteiger partial charge in [-0.25, -0.2) is 12.8 Å². The van der Waals surface area contributed by atoms with Gasteiger partial charge in [0.1, 0.15) is 5.82 Å². The number of hydrogen-bond donors (Lipinski definition) is 1. The largest absolute Gasteiger partial charge is 0.354 e. The van der Waals surface area contributed by atoms with E-state index in [0.717, 1.165) is 6.26 Å². The molecule has 7 heteroatoms. The molecular weight excluding hydrogens is 329 g/mol. The number of halogens is 2. The zero-order valence-corrected chi connectivity index (χ0v) is 13.4. The second kappa shape index (κ2) is 6.06. The third-order valence-electron chi connectivity index (χ3n) is 3.06. The molecular formula is C15H13ClFNO3S. The number of carbonyl (C=O) groups excluding carboxylic acids is 1. The number of carbonyl (C=O) groups is 1. The van der Waals surface area contributed by atoms with Crippen molar-refractivity contribution >= 4 is 38.1 Å². The van der Waals surface area contributed by atoms with Crippen LogP contribution in [0.4, 0.5) is 15.8 Å². The van der Waals surface area contributed by atoms with E-state index < -0.39 is 20.9 Å². The Hall–Kier alpha value is -1.92. The van der Waals surface area contributed by atoms with Gasteiger partial charge in [0.25, 0.3) is 5.24 Å². The fraction of sp³-hybridized carbons (Fsp3) is 0.133. The minimum absolute atomic E-state index is 0.0496. The van der Waals surface area contributed by atoms with Gasteiger partial charge >= 0.3 is 0 Å². The average molecular weight is 342 g/mol. The third kappa shape index (κ3) is 3.64. The van der Waals surface area contributed by atoms with E-state index in [2.05, 4.69) is 5.32 Å². The summed E-state index contributed by atoms with van der Waals surface area (Å²) >= 11 is 5.46. The number of nitrogens with one attached hydrogen (secondary N) is 1. The Morgan fingerprint density at radius 3 is 2.27 bits per heavy atom. The summed E-state index contributed by atoms with van der Waals surface area (Å²) in [6.07, 6.45) is 1.04. The highest BCUT2D eigenvalue weighted by molar-refractivity contribution is 7.90. The Kier molecular flexibility index (Phi) is 4.53. The van der Waals surface area contributed by atoms with Crippen LogP contribution in [-0.4, -0.2) is 19.9 Å². The van der Waals surface area contributed by atoms with E-state index >= 15 is 0 Å². The highest BCUT2D eigenvalue weighted by atomic mass is 35.5. The summed E-state index contributed by atoms with van der Waals surface area (Å²) in [6.45, 7) is 1.65. The van der Waals surface area contributed by atoms with Gasteiger partial charge in [0.2, 0.25) is 0 Å². The summed E-state index contributed by atoms with van der Waals surface area (Å²) in [7, 11) is -3.58. The fourth-order valence-corrected chi connectivity index (χ4v) is 3.04. The first kappa shape index (κ1) is 16.5. The highest BCUT2D eigenvalue weighted by Crippen LogP contribution is 2.29. The normalized spacial score (nSPS) is 11.3. The van der Waals surface area contributed by atoms with E-state index in [1.165, 1.54) is 36.4 Å². The molecule has 0 aromatic heterocycles. The van der Waals surface area contributed by atoms with Crippen molar-refractivity contribution in [1.29, 1.82) is 0 Å². The standard InChI is InChI=1S/C15H13ClFNO3S/c1-9-7-13(18-11-5-3-10(17)4-6-11)14(22(2,20)21)8-12(9)15(16)19/h3-8,18H,1-2H3. The van der Waals surface area contributed by atoms with Gasteiger partial charge in [0, 0.05) is 17.5 Å². The Balaban J connectivity index is 2.57. The van der Waals surface area contributed by atoms with Crippen molar-refractivity contribution in [2.75, 3.05) is 11.6 Å². The van der Waals surface area contributed by atoms with Gasteiger partial charge in [-0.15, -0.1) is 0 Å². The van der Waals surface area contributed by atoms with Gasteiger partial charge in [0.05, 0.1) is 10.6 Å². The summed E-state index contributed by atoms with van der Waals surface area (Å²) in [5.74, 6) is -0.395. The Morgan fingerprint density at radius 1 is 1.18 bits per heavy atom. The minimum atomic E-state index is -3.58. The molecule has 0 fully saturated rings. The lowest BCUT2D eigenvalue weighted by molar-refractivity contribution is 0.108. The van der Waals surface area contributed by atoms with Crippen LogP contribution in [0.15, 0.2) is 41.3 Å². The van der Waals surface area contributed by atoms with Gasteiger partial charge in [-0.2, -0.15) is 0 Å². The molecule has 22 heavy (non-hydrogen) atoms. The van der Waals surface area contributed by atoms with Gasteiger partial charge in [0.15, 0.2) is 9.84 Å². The average Bonchev–Trinajstić information content (AvgIpc) is 2.39. The highest BCUT2D eigenvalue weighted by Gasteiger charge is 2.18. The predicted octanol–water partition coefficient (Wildman–Crippen LogP) is 3.66. The second-order valence-electron chi connectivity index (χ2n) is 4.84. The molecule has 0 heterocycles. The molecule has 0 unspecified atom stereocenters. The Labute approximate surface area is 132 Å². The molecule has 2 aromatic carbocycles. The first-order valence-electron chi connectivity index (χ1n) is 6.25. The van der Waals surface area contributed by atoms with E-state index in [9.17, 15) is 17.6 Å². The molecule has 1 N–H and O–H groups in total. The molecule has 4 nitrogen and oxygen atoms in total. The van der Waals surface area contributed by atoms with E-state index in [1.54, 1.807) is 6.92 Å². The lowest BCUT2D eigenvalue weighted by atomic mass is 10.1. The van der Waals surface area contributed by atoms with Crippen LogP contribution in [0.1, 0.15) is 15.9 Å². The molecule has 0 aliphatic carbocycles. The Bertz CT molecular complexity index is 833. The zero-order valence-electron chi connectivity index (χ0n) is 11.9. The molecule has 0 saturated carbocycles. The number of anilines is 2. The molecule has 0 radical (unpaired) electrons. The van der Waals surface area contributed by atoms with Gasteiger partial charge < -0.3 is 5.32 Å². The van der Waals surface area contributed by atoms with Crippen LogP contribution < -0.4 is 5.32 Å². The number of benzene rings is 2. The van der Waals surface area contributed by atoms with Crippen LogP contribution >= 0.6 is 11.6 Å². The molecule has 0 aliphatic heterocycles. The van der Waals surface area contributed by atoms with Crippen LogP contribution in [0.2, 0.25) is 0 Å². The van der Waals surface area contributed by atoms with E-state index in [0.29, 0.717) is 16.9 Å². The topological polar surface area (TPSA) is 63.2 Å². The molecule has 0 atom stereocenters. The molecule has 2 aromatic rings. The van der Waals surface area contributed by atoms with E-state index in [-0.39, 0.29) is 10.5 Å². The number of hydrogen-bond acceptors (Lipinski definition) is 4.